The maximum atomic E-state index is 16.9. The molecule has 154 valence electrons. The fourth-order valence-electron chi connectivity index (χ4n) is 7.22. The minimum atomic E-state index is -2.09. The number of hydrogen-bond donors (Lipinski definition) is 2. The number of hydrogen-bond acceptors (Lipinski definition) is 3. The Kier molecular flexibility index (Phi) is 4.18. The molecule has 0 aromatic rings. The van der Waals surface area contributed by atoms with Crippen molar-refractivity contribution in [1.29, 1.82) is 0 Å². The molecule has 4 aliphatic rings. The van der Waals surface area contributed by atoms with E-state index >= 15 is 8.78 Å². The van der Waals surface area contributed by atoms with Crippen LogP contribution in [0.5, 0.6) is 0 Å². The average Bonchev–Trinajstić information content (AvgIpc) is 2.81. The van der Waals surface area contributed by atoms with Gasteiger partial charge in [-0.3, -0.25) is 9.59 Å². The van der Waals surface area contributed by atoms with E-state index in [0.29, 0.717) is 6.42 Å². The molecule has 4 rings (SSSR count). The molecule has 1 N–H and O–H groups in total. The van der Waals surface area contributed by atoms with Gasteiger partial charge in [-0.15, -0.1) is 12.6 Å². The summed E-state index contributed by atoms with van der Waals surface area (Å²) in [4.78, 5) is 24.4. The number of ketones is 1. The van der Waals surface area contributed by atoms with E-state index < -0.39 is 40.1 Å². The van der Waals surface area contributed by atoms with Crippen LogP contribution in [0.15, 0.2) is 23.8 Å². The van der Waals surface area contributed by atoms with Gasteiger partial charge in [0.2, 0.25) is 0 Å². The fraction of sp³-hybridized carbons (Fsp3) is 0.727. The molecule has 4 unspecified atom stereocenters. The average molecular weight is 411 g/mol. The number of carbonyl (C=O) groups excluding carboxylic acids is 2. The minimum Gasteiger partial charge on any atom is -0.390 e. The molecule has 0 heterocycles. The highest BCUT2D eigenvalue weighted by Gasteiger charge is 2.75. The van der Waals surface area contributed by atoms with E-state index in [9.17, 15) is 14.7 Å². The molecular weight excluding hydrogens is 382 g/mol. The predicted octanol–water partition coefficient (Wildman–Crippen LogP) is 4.01. The van der Waals surface area contributed by atoms with Crippen molar-refractivity contribution in [3.63, 3.8) is 0 Å². The summed E-state index contributed by atoms with van der Waals surface area (Å²) in [6.45, 7) is 7.34. The Balaban J connectivity index is 1.88. The highest BCUT2D eigenvalue weighted by atomic mass is 32.1. The van der Waals surface area contributed by atoms with E-state index in [4.69, 9.17) is 0 Å². The minimum absolute atomic E-state index is 0.0478. The summed E-state index contributed by atoms with van der Waals surface area (Å²) in [6.07, 6.45) is 1.72. The van der Waals surface area contributed by atoms with Crippen molar-refractivity contribution < 1.29 is 23.5 Å². The number of rotatable bonds is 1. The summed E-state index contributed by atoms with van der Waals surface area (Å²) in [5, 5.41) is 10.9. The van der Waals surface area contributed by atoms with E-state index in [1.165, 1.54) is 18.2 Å². The van der Waals surface area contributed by atoms with Gasteiger partial charge in [-0.05, 0) is 61.2 Å². The maximum Gasteiger partial charge on any atom is 0.192 e. The van der Waals surface area contributed by atoms with Gasteiger partial charge in [0.15, 0.2) is 16.6 Å². The van der Waals surface area contributed by atoms with Gasteiger partial charge in [0.1, 0.15) is 6.17 Å². The summed E-state index contributed by atoms with van der Waals surface area (Å²) in [5.41, 5.74) is -4.83. The first-order valence-electron chi connectivity index (χ1n) is 10.0. The van der Waals surface area contributed by atoms with Crippen LogP contribution in [0.1, 0.15) is 47.0 Å². The Hall–Kier alpha value is -1.01. The quantitative estimate of drug-likeness (QED) is 0.642. The van der Waals surface area contributed by atoms with Gasteiger partial charge in [-0.2, -0.15) is 0 Å². The lowest BCUT2D eigenvalue weighted by molar-refractivity contribution is -0.209. The van der Waals surface area contributed by atoms with Crippen LogP contribution in [-0.2, 0) is 9.59 Å². The molecular formula is C22H28F2O3S. The molecule has 6 heteroatoms. The number of thiol groups is 1. The molecule has 3 fully saturated rings. The smallest absolute Gasteiger partial charge is 0.192 e. The first-order valence-corrected chi connectivity index (χ1v) is 10.5. The third-order valence-corrected chi connectivity index (χ3v) is 9.71. The number of carbonyl (C=O) groups is 2. The second-order valence-corrected chi connectivity index (χ2v) is 10.4. The standard InChI is InChI=1S/C22H28F2O3S/c1-11-7-13-14-9-16(23)15-8-12(25)5-6-19(15,2)22(14,24)17(26)10-20(13,3)21(11,4)18(27)28/h5-6,8,11,13-14,16-17,26H,7,9-10H2,1-4H3,(H,27,28)/t11-,13+,14?,16+,17?,19?,20?,21-,22+/m1/s1. The predicted molar refractivity (Wildman–Crippen MR) is 105 cm³/mol. The van der Waals surface area contributed by atoms with Gasteiger partial charge in [0.05, 0.1) is 6.10 Å². The molecule has 3 saturated carbocycles. The lowest BCUT2D eigenvalue weighted by Crippen LogP contribution is -2.69. The highest BCUT2D eigenvalue weighted by Crippen LogP contribution is 2.73. The van der Waals surface area contributed by atoms with Crippen LogP contribution in [0.4, 0.5) is 8.78 Å². The van der Waals surface area contributed by atoms with Crippen LogP contribution in [0.25, 0.3) is 0 Å². The number of fused-ring (bicyclic) bond motifs is 5. The molecule has 4 aliphatic carbocycles. The van der Waals surface area contributed by atoms with Crippen molar-refractivity contribution in [1.82, 2.24) is 0 Å². The number of alkyl halides is 2. The normalized spacial score (nSPS) is 55.2. The van der Waals surface area contributed by atoms with Crippen molar-refractivity contribution >= 4 is 23.5 Å². The van der Waals surface area contributed by atoms with E-state index in [-0.39, 0.29) is 41.1 Å². The topological polar surface area (TPSA) is 54.4 Å². The van der Waals surface area contributed by atoms with E-state index in [0.717, 1.165) is 0 Å². The highest BCUT2D eigenvalue weighted by molar-refractivity contribution is 7.96. The van der Waals surface area contributed by atoms with Gasteiger partial charge >= 0.3 is 0 Å². The summed E-state index contributed by atoms with van der Waals surface area (Å²) >= 11 is 4.15. The first kappa shape index (κ1) is 20.3. The fourth-order valence-corrected chi connectivity index (χ4v) is 7.70. The van der Waals surface area contributed by atoms with Crippen LogP contribution in [0.2, 0.25) is 0 Å². The zero-order valence-electron chi connectivity index (χ0n) is 16.7. The summed E-state index contributed by atoms with van der Waals surface area (Å²) in [5.74, 6) is -1.39. The van der Waals surface area contributed by atoms with Crippen molar-refractivity contribution in [2.24, 2.45) is 34.0 Å². The molecule has 0 aromatic carbocycles. The summed E-state index contributed by atoms with van der Waals surface area (Å²) < 4.78 is 32.1. The molecule has 0 amide bonds. The van der Waals surface area contributed by atoms with Crippen LogP contribution in [-0.4, -0.2) is 33.9 Å². The van der Waals surface area contributed by atoms with Gasteiger partial charge in [-0.25, -0.2) is 8.78 Å². The van der Waals surface area contributed by atoms with Gasteiger partial charge in [-0.1, -0.05) is 26.8 Å². The Morgan fingerprint density at radius 1 is 1.25 bits per heavy atom. The Morgan fingerprint density at radius 2 is 1.89 bits per heavy atom. The number of halogens is 2. The van der Waals surface area contributed by atoms with Gasteiger partial charge in [0.25, 0.3) is 0 Å². The summed E-state index contributed by atoms with van der Waals surface area (Å²) in [6, 6.07) is 0. The molecule has 0 bridgehead atoms. The SMILES string of the molecule is C[C@@H]1C[C@H]2C3C[C@H](F)C4=CC(=O)C=CC4(C)[C@@]3(F)C(O)CC2(C)[C@@]1(C)C(=O)S. The molecule has 0 spiro atoms. The van der Waals surface area contributed by atoms with Crippen LogP contribution >= 0.6 is 12.6 Å². The lowest BCUT2D eigenvalue weighted by Gasteiger charge is -2.63. The molecule has 0 aliphatic heterocycles. The molecule has 28 heavy (non-hydrogen) atoms. The second kappa shape index (κ2) is 5.78. The Labute approximate surface area is 170 Å². The maximum absolute atomic E-state index is 16.9. The molecule has 0 saturated heterocycles. The number of aliphatic hydroxyl groups excluding tert-OH is 1. The van der Waals surface area contributed by atoms with Crippen LogP contribution < -0.4 is 0 Å². The third-order valence-electron chi connectivity index (χ3n) is 9.24. The van der Waals surface area contributed by atoms with Gasteiger partial charge in [0, 0.05) is 16.7 Å². The second-order valence-electron chi connectivity index (χ2n) is 10.0. The lowest BCUT2D eigenvalue weighted by atomic mass is 9.43. The largest absolute Gasteiger partial charge is 0.390 e. The van der Waals surface area contributed by atoms with E-state index in [1.807, 2.05) is 20.8 Å². The Morgan fingerprint density at radius 3 is 2.50 bits per heavy atom. The van der Waals surface area contributed by atoms with E-state index in [2.05, 4.69) is 12.6 Å². The number of allylic oxidation sites excluding steroid dienone is 4. The van der Waals surface area contributed by atoms with Crippen LogP contribution in [0, 0.1) is 34.0 Å². The van der Waals surface area contributed by atoms with E-state index in [1.54, 1.807) is 6.92 Å². The van der Waals surface area contributed by atoms with Crippen LogP contribution in [0.3, 0.4) is 0 Å². The molecule has 3 nitrogen and oxygen atoms in total. The zero-order valence-corrected chi connectivity index (χ0v) is 17.6. The first-order chi connectivity index (χ1) is 12.8. The third kappa shape index (κ3) is 2.04. The molecule has 0 aromatic heterocycles. The molecule has 0 radical (unpaired) electrons. The Bertz CT molecular complexity index is 825. The van der Waals surface area contributed by atoms with Crippen molar-refractivity contribution in [2.45, 2.75) is 64.9 Å². The summed E-state index contributed by atoms with van der Waals surface area (Å²) in [7, 11) is 0. The van der Waals surface area contributed by atoms with Crippen molar-refractivity contribution in [3.05, 3.63) is 23.8 Å². The molecule has 9 atom stereocenters. The monoisotopic (exact) mass is 410 g/mol. The van der Waals surface area contributed by atoms with Crippen molar-refractivity contribution in [3.8, 4) is 0 Å². The van der Waals surface area contributed by atoms with Crippen molar-refractivity contribution in [2.75, 3.05) is 0 Å². The van der Waals surface area contributed by atoms with Gasteiger partial charge < -0.3 is 5.11 Å². The zero-order chi connectivity index (χ0) is 20.9. The number of aliphatic hydroxyl groups is 1.